The van der Waals surface area contributed by atoms with Crippen LogP contribution in [0.1, 0.15) is 19.1 Å². The highest BCUT2D eigenvalue weighted by atomic mass is 16.6. The van der Waals surface area contributed by atoms with E-state index in [-0.39, 0.29) is 12.3 Å². The summed E-state index contributed by atoms with van der Waals surface area (Å²) in [5.74, 6) is 1.77. The third-order valence-corrected chi connectivity index (χ3v) is 4.30. The third-order valence-electron chi connectivity index (χ3n) is 4.30. The van der Waals surface area contributed by atoms with Gasteiger partial charge in [0.05, 0.1) is 11.5 Å². The molecule has 0 N–H and O–H groups in total. The number of tetrazole rings is 1. The maximum absolute atomic E-state index is 10.7. The molecule has 0 aliphatic rings. The molecule has 2 heterocycles. The number of hydrogen-bond acceptors (Lipinski definition) is 8. The Labute approximate surface area is 171 Å². The number of rotatable bonds is 8. The predicted molar refractivity (Wildman–Crippen MR) is 106 cm³/mol. The monoisotopic (exact) mass is 406 g/mol. The van der Waals surface area contributed by atoms with Crippen LogP contribution in [0.5, 0.6) is 5.75 Å². The largest absolute Gasteiger partial charge is 0.486 e. The standard InChI is InChI=1S/C20H18N6O4/c1-2-11-25-22-20(21-24-25)15-5-9-17(10-6-15)29-13-18-12-19(23-30-18)14-3-7-16(8-4-14)26(27)28/h3-10,12H,2,11,13H2,1H3. The van der Waals surface area contributed by atoms with Gasteiger partial charge in [0.2, 0.25) is 5.82 Å². The summed E-state index contributed by atoms with van der Waals surface area (Å²) in [6.45, 7) is 2.98. The molecule has 10 heteroatoms. The van der Waals surface area contributed by atoms with E-state index in [1.165, 1.54) is 12.1 Å². The van der Waals surface area contributed by atoms with Crippen LogP contribution in [-0.4, -0.2) is 30.3 Å². The minimum atomic E-state index is -0.444. The summed E-state index contributed by atoms with van der Waals surface area (Å²) in [5.41, 5.74) is 2.19. The van der Waals surface area contributed by atoms with E-state index in [9.17, 15) is 10.1 Å². The summed E-state index contributed by atoms with van der Waals surface area (Å²) in [6.07, 6.45) is 0.941. The fourth-order valence-corrected chi connectivity index (χ4v) is 2.78. The molecule has 0 saturated carbocycles. The van der Waals surface area contributed by atoms with Crippen molar-refractivity contribution in [3.63, 3.8) is 0 Å². The predicted octanol–water partition coefficient (Wildman–Crippen LogP) is 3.89. The Morgan fingerprint density at radius 2 is 1.83 bits per heavy atom. The molecule has 4 aromatic rings. The van der Waals surface area contributed by atoms with Crippen molar-refractivity contribution in [1.82, 2.24) is 25.4 Å². The topological polar surface area (TPSA) is 122 Å². The van der Waals surface area contributed by atoms with Crippen molar-refractivity contribution in [2.24, 2.45) is 0 Å². The van der Waals surface area contributed by atoms with Crippen molar-refractivity contribution in [3.05, 3.63) is 70.5 Å². The molecule has 0 aliphatic heterocycles. The van der Waals surface area contributed by atoms with E-state index in [0.717, 1.165) is 24.1 Å². The second kappa shape index (κ2) is 8.52. The summed E-state index contributed by atoms with van der Waals surface area (Å²) >= 11 is 0. The Balaban J connectivity index is 1.37. The lowest BCUT2D eigenvalue weighted by Gasteiger charge is -2.03. The molecular formula is C20H18N6O4. The molecule has 0 radical (unpaired) electrons. The molecule has 4 rings (SSSR count). The van der Waals surface area contributed by atoms with Gasteiger partial charge in [0.15, 0.2) is 5.76 Å². The van der Waals surface area contributed by atoms with E-state index >= 15 is 0 Å². The minimum Gasteiger partial charge on any atom is -0.486 e. The van der Waals surface area contributed by atoms with Crippen LogP contribution in [0.2, 0.25) is 0 Å². The fraction of sp³-hybridized carbons (Fsp3) is 0.200. The van der Waals surface area contributed by atoms with Crippen LogP contribution in [0.3, 0.4) is 0 Å². The maximum Gasteiger partial charge on any atom is 0.269 e. The van der Waals surface area contributed by atoms with Gasteiger partial charge in [0.25, 0.3) is 5.69 Å². The van der Waals surface area contributed by atoms with E-state index in [0.29, 0.717) is 23.0 Å². The van der Waals surface area contributed by atoms with Gasteiger partial charge in [-0.05, 0) is 48.0 Å². The van der Waals surface area contributed by atoms with Gasteiger partial charge >= 0.3 is 0 Å². The Kier molecular flexibility index (Phi) is 5.46. The van der Waals surface area contributed by atoms with Gasteiger partial charge in [-0.1, -0.05) is 12.1 Å². The number of nitro benzene ring substituents is 1. The zero-order valence-electron chi connectivity index (χ0n) is 16.1. The van der Waals surface area contributed by atoms with E-state index in [1.807, 2.05) is 24.3 Å². The van der Waals surface area contributed by atoms with Crippen molar-refractivity contribution in [3.8, 4) is 28.4 Å². The SMILES string of the molecule is CCCn1nnc(-c2ccc(OCc3cc(-c4ccc([N+](=O)[O-])cc4)no3)cc2)n1. The van der Waals surface area contributed by atoms with Gasteiger partial charge < -0.3 is 9.26 Å². The summed E-state index contributed by atoms with van der Waals surface area (Å²) in [7, 11) is 0. The maximum atomic E-state index is 10.7. The highest BCUT2D eigenvalue weighted by Gasteiger charge is 2.11. The van der Waals surface area contributed by atoms with Crippen LogP contribution < -0.4 is 4.74 Å². The second-order valence-corrected chi connectivity index (χ2v) is 6.50. The Bertz CT molecular complexity index is 1130. The first-order chi connectivity index (χ1) is 14.6. The molecule has 0 saturated heterocycles. The smallest absolute Gasteiger partial charge is 0.269 e. The molecule has 0 bridgehead atoms. The molecule has 10 nitrogen and oxygen atoms in total. The van der Waals surface area contributed by atoms with Gasteiger partial charge in [-0.2, -0.15) is 4.80 Å². The normalized spacial score (nSPS) is 10.8. The van der Waals surface area contributed by atoms with E-state index in [1.54, 1.807) is 23.0 Å². The number of benzene rings is 2. The van der Waals surface area contributed by atoms with Gasteiger partial charge in [0, 0.05) is 29.3 Å². The van der Waals surface area contributed by atoms with Crippen LogP contribution in [0.25, 0.3) is 22.6 Å². The first-order valence-electron chi connectivity index (χ1n) is 9.34. The number of aromatic nitrogens is 5. The van der Waals surface area contributed by atoms with Crippen LogP contribution >= 0.6 is 0 Å². The van der Waals surface area contributed by atoms with Gasteiger partial charge in [-0.3, -0.25) is 10.1 Å². The van der Waals surface area contributed by atoms with Crippen molar-refractivity contribution < 1.29 is 14.2 Å². The number of nitrogens with zero attached hydrogens (tertiary/aromatic N) is 6. The molecule has 0 amide bonds. The fourth-order valence-electron chi connectivity index (χ4n) is 2.78. The lowest BCUT2D eigenvalue weighted by molar-refractivity contribution is -0.384. The van der Waals surface area contributed by atoms with E-state index < -0.39 is 4.92 Å². The molecular weight excluding hydrogens is 388 g/mol. The Morgan fingerprint density at radius 3 is 2.53 bits per heavy atom. The zero-order valence-corrected chi connectivity index (χ0v) is 16.1. The number of non-ortho nitro benzene ring substituents is 1. The van der Waals surface area contributed by atoms with Gasteiger partial charge in [-0.15, -0.1) is 10.2 Å². The molecule has 30 heavy (non-hydrogen) atoms. The Morgan fingerprint density at radius 1 is 1.10 bits per heavy atom. The molecule has 152 valence electrons. The highest BCUT2D eigenvalue weighted by molar-refractivity contribution is 5.60. The number of nitro groups is 1. The quantitative estimate of drug-likeness (QED) is 0.319. The zero-order chi connectivity index (χ0) is 20.9. The van der Waals surface area contributed by atoms with Crippen LogP contribution in [0, 0.1) is 10.1 Å². The van der Waals surface area contributed by atoms with E-state index in [4.69, 9.17) is 9.26 Å². The Hall–Kier alpha value is -4.08. The van der Waals surface area contributed by atoms with Crippen molar-refractivity contribution in [2.45, 2.75) is 26.5 Å². The summed E-state index contributed by atoms with van der Waals surface area (Å²) in [4.78, 5) is 11.9. The summed E-state index contributed by atoms with van der Waals surface area (Å²) in [5, 5.41) is 27.1. The second-order valence-electron chi connectivity index (χ2n) is 6.50. The van der Waals surface area contributed by atoms with Gasteiger partial charge in [0.1, 0.15) is 18.1 Å². The molecule has 0 unspecified atom stereocenters. The number of ether oxygens (including phenoxy) is 1. The number of hydrogen-bond donors (Lipinski definition) is 0. The first-order valence-corrected chi connectivity index (χ1v) is 9.34. The average Bonchev–Trinajstić information content (AvgIpc) is 3.43. The third kappa shape index (κ3) is 4.32. The van der Waals surface area contributed by atoms with E-state index in [2.05, 4.69) is 27.5 Å². The summed E-state index contributed by atoms with van der Waals surface area (Å²) in [6, 6.07) is 15.2. The molecule has 0 spiro atoms. The summed E-state index contributed by atoms with van der Waals surface area (Å²) < 4.78 is 11.0. The molecule has 2 aromatic heterocycles. The lowest BCUT2D eigenvalue weighted by atomic mass is 10.1. The minimum absolute atomic E-state index is 0.0253. The van der Waals surface area contributed by atoms with Crippen LogP contribution in [-0.2, 0) is 13.2 Å². The van der Waals surface area contributed by atoms with Crippen molar-refractivity contribution in [2.75, 3.05) is 0 Å². The van der Waals surface area contributed by atoms with Crippen molar-refractivity contribution >= 4 is 5.69 Å². The average molecular weight is 406 g/mol. The molecule has 2 aromatic carbocycles. The highest BCUT2D eigenvalue weighted by Crippen LogP contribution is 2.24. The van der Waals surface area contributed by atoms with Crippen LogP contribution in [0.15, 0.2) is 59.1 Å². The molecule has 0 fully saturated rings. The first kappa shape index (κ1) is 19.2. The molecule has 0 atom stereocenters. The number of aryl methyl sites for hydroxylation is 1. The molecule has 0 aliphatic carbocycles. The lowest BCUT2D eigenvalue weighted by Crippen LogP contribution is -2.00. The van der Waals surface area contributed by atoms with Crippen LogP contribution in [0.4, 0.5) is 5.69 Å². The van der Waals surface area contributed by atoms with Gasteiger partial charge in [-0.25, -0.2) is 0 Å². The van der Waals surface area contributed by atoms with Crippen molar-refractivity contribution in [1.29, 1.82) is 0 Å².